The van der Waals surface area contributed by atoms with Crippen LogP contribution in [0.25, 0.3) is 0 Å². The maximum absolute atomic E-state index is 5.02. The number of rotatable bonds is 5. The van der Waals surface area contributed by atoms with E-state index in [1.165, 1.54) is 24.1 Å². The van der Waals surface area contributed by atoms with Crippen LogP contribution in [0.4, 0.5) is 0 Å². The van der Waals surface area contributed by atoms with E-state index in [-0.39, 0.29) is 0 Å². The van der Waals surface area contributed by atoms with Gasteiger partial charge >= 0.3 is 0 Å². The van der Waals surface area contributed by atoms with Crippen LogP contribution in [-0.2, 0) is 13.1 Å². The minimum absolute atomic E-state index is 0.702. The van der Waals surface area contributed by atoms with E-state index in [1.807, 2.05) is 18.6 Å². The zero-order chi connectivity index (χ0) is 10.8. The molecule has 0 bridgehead atoms. The van der Waals surface area contributed by atoms with Gasteiger partial charge in [0.1, 0.15) is 0 Å². The average Bonchev–Trinajstić information content (AvgIpc) is 2.82. The van der Waals surface area contributed by atoms with E-state index in [4.69, 9.17) is 4.42 Å². The first-order valence-electron chi connectivity index (χ1n) is 5.66. The van der Waals surface area contributed by atoms with Crippen molar-refractivity contribution in [2.24, 2.45) is 0 Å². The molecule has 2 aromatic heterocycles. The first-order chi connectivity index (χ1) is 7.93. The fourth-order valence-electron chi connectivity index (χ4n) is 1.88. The second kappa shape index (κ2) is 4.14. The van der Waals surface area contributed by atoms with Crippen LogP contribution in [0.3, 0.4) is 0 Å². The Morgan fingerprint density at radius 3 is 3.12 bits per heavy atom. The number of hydrogen-bond acceptors (Lipinski definition) is 3. The highest BCUT2D eigenvalue weighted by atomic mass is 16.3. The van der Waals surface area contributed by atoms with E-state index in [2.05, 4.69) is 14.9 Å². The molecule has 4 heteroatoms. The van der Waals surface area contributed by atoms with Crippen LogP contribution in [-0.4, -0.2) is 9.55 Å². The molecule has 0 aromatic carbocycles. The van der Waals surface area contributed by atoms with Crippen molar-refractivity contribution >= 4 is 0 Å². The Bertz CT molecular complexity index is 443. The maximum Gasteiger partial charge on any atom is 0.0951 e. The summed E-state index contributed by atoms with van der Waals surface area (Å²) >= 11 is 0. The second-order valence-corrected chi connectivity index (χ2v) is 4.26. The molecular formula is C12H15N3O. The number of nitrogens with one attached hydrogen (secondary N) is 1. The standard InChI is InChI=1S/C12H15N3O/c1-2-11(1)15-9-14-7-12(15)6-13-5-10-3-4-16-8-10/h3-4,7-9,11,13H,1-2,5-6H2. The van der Waals surface area contributed by atoms with Gasteiger partial charge in [0, 0.05) is 30.9 Å². The third-order valence-electron chi connectivity index (χ3n) is 2.90. The Morgan fingerprint density at radius 2 is 2.38 bits per heavy atom. The van der Waals surface area contributed by atoms with Crippen LogP contribution in [0, 0.1) is 0 Å². The molecule has 1 saturated carbocycles. The van der Waals surface area contributed by atoms with Crippen molar-refractivity contribution in [1.82, 2.24) is 14.9 Å². The van der Waals surface area contributed by atoms with Crippen LogP contribution in [0.5, 0.6) is 0 Å². The Balaban J connectivity index is 1.56. The zero-order valence-corrected chi connectivity index (χ0v) is 9.10. The largest absolute Gasteiger partial charge is 0.472 e. The van der Waals surface area contributed by atoms with Gasteiger partial charge in [-0.05, 0) is 18.9 Å². The minimum atomic E-state index is 0.702. The Hall–Kier alpha value is -1.55. The monoisotopic (exact) mass is 217 g/mol. The normalized spacial score (nSPS) is 15.5. The molecule has 2 aromatic rings. The summed E-state index contributed by atoms with van der Waals surface area (Å²) in [6, 6.07) is 2.68. The first-order valence-corrected chi connectivity index (χ1v) is 5.66. The van der Waals surface area contributed by atoms with Gasteiger partial charge in [-0.3, -0.25) is 0 Å². The van der Waals surface area contributed by atoms with Crippen molar-refractivity contribution in [2.45, 2.75) is 32.0 Å². The van der Waals surface area contributed by atoms with E-state index in [1.54, 1.807) is 12.5 Å². The summed E-state index contributed by atoms with van der Waals surface area (Å²) in [7, 11) is 0. The molecule has 0 saturated heterocycles. The number of imidazole rings is 1. The summed E-state index contributed by atoms with van der Waals surface area (Å²) < 4.78 is 7.30. The van der Waals surface area contributed by atoms with Gasteiger partial charge in [-0.1, -0.05) is 0 Å². The maximum atomic E-state index is 5.02. The van der Waals surface area contributed by atoms with Crippen LogP contribution < -0.4 is 5.32 Å². The molecule has 3 rings (SSSR count). The van der Waals surface area contributed by atoms with E-state index in [9.17, 15) is 0 Å². The van der Waals surface area contributed by atoms with Gasteiger partial charge in [0.15, 0.2) is 0 Å². The van der Waals surface area contributed by atoms with Crippen LogP contribution in [0.1, 0.15) is 30.1 Å². The van der Waals surface area contributed by atoms with Gasteiger partial charge in [-0.2, -0.15) is 0 Å². The molecule has 0 radical (unpaired) electrons. The van der Waals surface area contributed by atoms with Gasteiger partial charge in [-0.15, -0.1) is 0 Å². The molecule has 1 aliphatic carbocycles. The fraction of sp³-hybridized carbons (Fsp3) is 0.417. The number of furan rings is 1. The number of nitrogens with zero attached hydrogens (tertiary/aromatic N) is 2. The highest BCUT2D eigenvalue weighted by molar-refractivity contribution is 5.06. The van der Waals surface area contributed by atoms with Crippen molar-refractivity contribution in [3.05, 3.63) is 42.4 Å². The lowest BCUT2D eigenvalue weighted by molar-refractivity contribution is 0.558. The molecule has 16 heavy (non-hydrogen) atoms. The molecule has 0 unspecified atom stereocenters. The third kappa shape index (κ3) is 2.02. The summed E-state index contributed by atoms with van der Waals surface area (Å²) in [5, 5.41) is 3.39. The Kier molecular flexibility index (Phi) is 2.50. The van der Waals surface area contributed by atoms with Crippen LogP contribution in [0.2, 0.25) is 0 Å². The minimum Gasteiger partial charge on any atom is -0.472 e. The zero-order valence-electron chi connectivity index (χ0n) is 9.10. The molecule has 1 aliphatic rings. The predicted octanol–water partition coefficient (Wildman–Crippen LogP) is 2.10. The lowest BCUT2D eigenvalue weighted by atomic mass is 10.3. The summed E-state index contributed by atoms with van der Waals surface area (Å²) in [5.74, 6) is 0. The lowest BCUT2D eigenvalue weighted by Gasteiger charge is -2.06. The van der Waals surface area contributed by atoms with Crippen molar-refractivity contribution in [3.63, 3.8) is 0 Å². The average molecular weight is 217 g/mol. The van der Waals surface area contributed by atoms with Gasteiger partial charge in [0.05, 0.1) is 24.5 Å². The predicted molar refractivity (Wildman–Crippen MR) is 59.7 cm³/mol. The van der Waals surface area contributed by atoms with Crippen molar-refractivity contribution in [3.8, 4) is 0 Å². The van der Waals surface area contributed by atoms with Crippen molar-refractivity contribution < 1.29 is 4.42 Å². The second-order valence-electron chi connectivity index (χ2n) is 4.26. The highest BCUT2D eigenvalue weighted by Gasteiger charge is 2.24. The third-order valence-corrected chi connectivity index (χ3v) is 2.90. The molecule has 84 valence electrons. The molecule has 0 atom stereocenters. The van der Waals surface area contributed by atoms with E-state index in [0.29, 0.717) is 6.04 Å². The SMILES string of the molecule is c1cc(CNCc2cncn2C2CC2)co1. The van der Waals surface area contributed by atoms with Gasteiger partial charge in [0.25, 0.3) is 0 Å². The molecule has 0 amide bonds. The van der Waals surface area contributed by atoms with E-state index in [0.717, 1.165) is 13.1 Å². The van der Waals surface area contributed by atoms with E-state index < -0.39 is 0 Å². The summed E-state index contributed by atoms with van der Waals surface area (Å²) in [6.45, 7) is 1.70. The highest BCUT2D eigenvalue weighted by Crippen LogP contribution is 2.35. The topological polar surface area (TPSA) is 43.0 Å². The summed E-state index contributed by atoms with van der Waals surface area (Å²) in [5.41, 5.74) is 2.45. The fourth-order valence-corrected chi connectivity index (χ4v) is 1.88. The quantitative estimate of drug-likeness (QED) is 0.834. The molecule has 0 aliphatic heterocycles. The van der Waals surface area contributed by atoms with Crippen molar-refractivity contribution in [2.75, 3.05) is 0 Å². The molecule has 1 fully saturated rings. The Morgan fingerprint density at radius 1 is 1.44 bits per heavy atom. The number of hydrogen-bond donors (Lipinski definition) is 1. The molecular weight excluding hydrogens is 202 g/mol. The number of aromatic nitrogens is 2. The molecule has 0 spiro atoms. The molecule has 4 nitrogen and oxygen atoms in total. The first kappa shape index (κ1) is 9.66. The molecule has 1 N–H and O–H groups in total. The van der Waals surface area contributed by atoms with Crippen LogP contribution >= 0.6 is 0 Å². The summed E-state index contributed by atoms with van der Waals surface area (Å²) in [4.78, 5) is 4.20. The van der Waals surface area contributed by atoms with Gasteiger partial charge < -0.3 is 14.3 Å². The Labute approximate surface area is 94.3 Å². The van der Waals surface area contributed by atoms with Gasteiger partial charge in [-0.25, -0.2) is 4.98 Å². The summed E-state index contributed by atoms with van der Waals surface area (Å²) in [6.07, 6.45) is 9.94. The van der Waals surface area contributed by atoms with E-state index >= 15 is 0 Å². The molecule has 2 heterocycles. The lowest BCUT2D eigenvalue weighted by Crippen LogP contribution is -2.15. The smallest absolute Gasteiger partial charge is 0.0951 e. The van der Waals surface area contributed by atoms with Crippen LogP contribution in [0.15, 0.2) is 35.5 Å². The van der Waals surface area contributed by atoms with Crippen molar-refractivity contribution in [1.29, 1.82) is 0 Å². The van der Waals surface area contributed by atoms with Gasteiger partial charge in [0.2, 0.25) is 0 Å².